The van der Waals surface area contributed by atoms with Crippen LogP contribution in [0, 0.1) is 5.92 Å². The highest BCUT2D eigenvalue weighted by Crippen LogP contribution is 2.12. The molecular formula is C12H16BrNO. The summed E-state index contributed by atoms with van der Waals surface area (Å²) in [6.45, 7) is 4.09. The molecule has 0 aliphatic carbocycles. The van der Waals surface area contributed by atoms with Crippen molar-refractivity contribution in [3.8, 4) is 0 Å². The first-order valence-electron chi connectivity index (χ1n) is 5.26. The van der Waals surface area contributed by atoms with Gasteiger partial charge in [0.25, 0.3) is 0 Å². The summed E-state index contributed by atoms with van der Waals surface area (Å²) in [6.07, 6.45) is 4.21. The van der Waals surface area contributed by atoms with E-state index in [0.29, 0.717) is 6.42 Å². The number of nitrogens with zero attached hydrogens (tertiary/aromatic N) is 1. The standard InChI is InChI=1S/C12H16BrNO/c1-3-4-9(2)12(15)7-11-6-5-10(13)8-14-11/h5-6,8-9H,3-4,7H2,1-2H3. The third-order valence-corrected chi connectivity index (χ3v) is 2.88. The lowest BCUT2D eigenvalue weighted by molar-refractivity contribution is -0.121. The first kappa shape index (κ1) is 12.4. The Kier molecular flexibility index (Phi) is 4.95. The molecule has 0 aliphatic heterocycles. The normalized spacial score (nSPS) is 12.5. The van der Waals surface area contributed by atoms with E-state index in [2.05, 4.69) is 27.8 Å². The first-order chi connectivity index (χ1) is 7.13. The molecule has 1 atom stereocenters. The average molecular weight is 270 g/mol. The second-order valence-electron chi connectivity index (χ2n) is 3.80. The number of Topliss-reactive ketones (excluding diaryl/α,β-unsaturated/α-hetero) is 1. The Hall–Kier alpha value is -0.700. The second kappa shape index (κ2) is 6.01. The van der Waals surface area contributed by atoms with E-state index >= 15 is 0 Å². The average Bonchev–Trinajstić information content (AvgIpc) is 2.22. The number of halogens is 1. The smallest absolute Gasteiger partial charge is 0.141 e. The molecule has 1 rings (SSSR count). The van der Waals surface area contributed by atoms with Gasteiger partial charge in [-0.15, -0.1) is 0 Å². The van der Waals surface area contributed by atoms with Crippen molar-refractivity contribution in [2.75, 3.05) is 0 Å². The summed E-state index contributed by atoms with van der Waals surface area (Å²) >= 11 is 3.32. The summed E-state index contributed by atoms with van der Waals surface area (Å²) in [5.41, 5.74) is 0.853. The van der Waals surface area contributed by atoms with Crippen LogP contribution in [-0.2, 0) is 11.2 Å². The van der Waals surface area contributed by atoms with Gasteiger partial charge in [-0.1, -0.05) is 20.3 Å². The van der Waals surface area contributed by atoms with E-state index in [1.54, 1.807) is 6.20 Å². The van der Waals surface area contributed by atoms with Crippen molar-refractivity contribution in [2.45, 2.75) is 33.1 Å². The molecule has 3 heteroatoms. The Bertz CT molecular complexity index is 321. The highest BCUT2D eigenvalue weighted by Gasteiger charge is 2.12. The van der Waals surface area contributed by atoms with Crippen LogP contribution in [0.3, 0.4) is 0 Å². The molecule has 0 saturated heterocycles. The molecule has 0 N–H and O–H groups in total. The van der Waals surface area contributed by atoms with E-state index in [1.807, 2.05) is 19.1 Å². The minimum absolute atomic E-state index is 0.153. The number of hydrogen-bond donors (Lipinski definition) is 0. The fraction of sp³-hybridized carbons (Fsp3) is 0.500. The van der Waals surface area contributed by atoms with Crippen molar-refractivity contribution in [1.82, 2.24) is 4.98 Å². The predicted molar refractivity (Wildman–Crippen MR) is 64.7 cm³/mol. The van der Waals surface area contributed by atoms with Gasteiger partial charge in [-0.2, -0.15) is 0 Å². The van der Waals surface area contributed by atoms with Gasteiger partial charge >= 0.3 is 0 Å². The number of hydrogen-bond acceptors (Lipinski definition) is 2. The van der Waals surface area contributed by atoms with Crippen LogP contribution >= 0.6 is 15.9 Å². The molecule has 0 fully saturated rings. The Balaban J connectivity index is 2.54. The fourth-order valence-electron chi connectivity index (χ4n) is 1.46. The number of carbonyl (C=O) groups is 1. The molecule has 0 radical (unpaired) electrons. The van der Waals surface area contributed by atoms with Crippen molar-refractivity contribution >= 4 is 21.7 Å². The molecule has 0 saturated carbocycles. The Morgan fingerprint density at radius 1 is 1.53 bits per heavy atom. The Morgan fingerprint density at radius 2 is 2.27 bits per heavy atom. The van der Waals surface area contributed by atoms with Crippen LogP contribution in [-0.4, -0.2) is 10.8 Å². The zero-order chi connectivity index (χ0) is 11.3. The second-order valence-corrected chi connectivity index (χ2v) is 4.72. The summed E-state index contributed by atoms with van der Waals surface area (Å²) in [4.78, 5) is 15.9. The van der Waals surface area contributed by atoms with E-state index in [4.69, 9.17) is 0 Å². The third kappa shape index (κ3) is 4.12. The van der Waals surface area contributed by atoms with Crippen LogP contribution in [0.1, 0.15) is 32.4 Å². The Morgan fingerprint density at radius 3 is 2.80 bits per heavy atom. The molecule has 0 aliphatic rings. The van der Waals surface area contributed by atoms with Gasteiger partial charge in [-0.25, -0.2) is 0 Å². The lowest BCUT2D eigenvalue weighted by Crippen LogP contribution is -2.14. The molecule has 0 aromatic carbocycles. The van der Waals surface area contributed by atoms with E-state index in [9.17, 15) is 4.79 Å². The topological polar surface area (TPSA) is 30.0 Å². The SMILES string of the molecule is CCCC(C)C(=O)Cc1ccc(Br)cn1. The molecule has 0 amide bonds. The number of aromatic nitrogens is 1. The van der Waals surface area contributed by atoms with Gasteiger partial charge < -0.3 is 0 Å². The molecule has 2 nitrogen and oxygen atoms in total. The largest absolute Gasteiger partial charge is 0.299 e. The maximum Gasteiger partial charge on any atom is 0.141 e. The highest BCUT2D eigenvalue weighted by molar-refractivity contribution is 9.10. The van der Waals surface area contributed by atoms with Crippen molar-refractivity contribution < 1.29 is 4.79 Å². The minimum atomic E-state index is 0.153. The van der Waals surface area contributed by atoms with Crippen molar-refractivity contribution in [2.24, 2.45) is 5.92 Å². The number of pyridine rings is 1. The van der Waals surface area contributed by atoms with Crippen LogP contribution < -0.4 is 0 Å². The number of rotatable bonds is 5. The van der Waals surface area contributed by atoms with Gasteiger partial charge in [-0.3, -0.25) is 9.78 Å². The molecule has 0 spiro atoms. The van der Waals surface area contributed by atoms with Gasteiger partial charge in [0, 0.05) is 28.7 Å². The molecular weight excluding hydrogens is 254 g/mol. The highest BCUT2D eigenvalue weighted by atomic mass is 79.9. The summed E-state index contributed by atoms with van der Waals surface area (Å²) in [7, 11) is 0. The molecule has 1 heterocycles. The summed E-state index contributed by atoms with van der Waals surface area (Å²) in [5, 5.41) is 0. The van der Waals surface area contributed by atoms with Gasteiger partial charge in [0.1, 0.15) is 5.78 Å². The van der Waals surface area contributed by atoms with Gasteiger partial charge in [0.05, 0.1) is 0 Å². The maximum atomic E-state index is 11.7. The molecule has 1 aromatic rings. The van der Waals surface area contributed by atoms with Gasteiger partial charge in [-0.05, 0) is 34.5 Å². The number of carbonyl (C=O) groups excluding carboxylic acids is 1. The molecule has 0 bridgehead atoms. The van der Waals surface area contributed by atoms with E-state index in [1.165, 1.54) is 0 Å². The zero-order valence-electron chi connectivity index (χ0n) is 9.16. The van der Waals surface area contributed by atoms with Crippen LogP contribution in [0.4, 0.5) is 0 Å². The lowest BCUT2D eigenvalue weighted by Gasteiger charge is -2.08. The van der Waals surface area contributed by atoms with Gasteiger partial charge in [0.2, 0.25) is 0 Å². The molecule has 15 heavy (non-hydrogen) atoms. The fourth-order valence-corrected chi connectivity index (χ4v) is 1.69. The predicted octanol–water partition coefficient (Wildman–Crippen LogP) is 3.39. The van der Waals surface area contributed by atoms with Crippen LogP contribution in [0.15, 0.2) is 22.8 Å². The summed E-state index contributed by atoms with van der Waals surface area (Å²) in [6, 6.07) is 3.81. The van der Waals surface area contributed by atoms with Crippen molar-refractivity contribution in [3.63, 3.8) is 0 Å². The molecule has 1 unspecified atom stereocenters. The molecule has 82 valence electrons. The third-order valence-electron chi connectivity index (χ3n) is 2.42. The Labute approximate surface area is 99.2 Å². The van der Waals surface area contributed by atoms with E-state index in [0.717, 1.165) is 23.0 Å². The molecule has 1 aromatic heterocycles. The quantitative estimate of drug-likeness (QED) is 0.820. The van der Waals surface area contributed by atoms with Crippen molar-refractivity contribution in [3.05, 3.63) is 28.5 Å². The van der Waals surface area contributed by atoms with Gasteiger partial charge in [0.15, 0.2) is 0 Å². The number of ketones is 1. The summed E-state index contributed by atoms with van der Waals surface area (Å²) in [5.74, 6) is 0.437. The van der Waals surface area contributed by atoms with Crippen LogP contribution in [0.25, 0.3) is 0 Å². The van der Waals surface area contributed by atoms with E-state index < -0.39 is 0 Å². The van der Waals surface area contributed by atoms with E-state index in [-0.39, 0.29) is 11.7 Å². The van der Waals surface area contributed by atoms with Crippen molar-refractivity contribution in [1.29, 1.82) is 0 Å². The monoisotopic (exact) mass is 269 g/mol. The summed E-state index contributed by atoms with van der Waals surface area (Å²) < 4.78 is 0.945. The first-order valence-corrected chi connectivity index (χ1v) is 6.06. The zero-order valence-corrected chi connectivity index (χ0v) is 10.8. The van der Waals surface area contributed by atoms with Crippen LogP contribution in [0.2, 0.25) is 0 Å². The van der Waals surface area contributed by atoms with Crippen LogP contribution in [0.5, 0.6) is 0 Å². The lowest BCUT2D eigenvalue weighted by atomic mass is 9.97. The minimum Gasteiger partial charge on any atom is -0.299 e. The maximum absolute atomic E-state index is 11.7.